The summed E-state index contributed by atoms with van der Waals surface area (Å²) in [5.74, 6) is -1.17. The van der Waals surface area contributed by atoms with Crippen molar-refractivity contribution in [2.75, 3.05) is 4.72 Å². The molecule has 1 aliphatic rings. The number of hydrogen-bond acceptors (Lipinski definition) is 4. The Morgan fingerprint density at radius 1 is 1.11 bits per heavy atom. The van der Waals surface area contributed by atoms with Crippen molar-refractivity contribution in [3.05, 3.63) is 59.4 Å². The molecule has 28 heavy (non-hydrogen) atoms. The van der Waals surface area contributed by atoms with Crippen LogP contribution in [0.5, 0.6) is 0 Å². The number of carbonyl (C=O) groups excluding carboxylic acids is 2. The van der Waals surface area contributed by atoms with Crippen molar-refractivity contribution >= 4 is 27.6 Å². The first kappa shape index (κ1) is 19.8. The van der Waals surface area contributed by atoms with Crippen molar-refractivity contribution in [3.63, 3.8) is 0 Å². The number of amides is 3. The molecule has 1 heterocycles. The zero-order valence-electron chi connectivity index (χ0n) is 15.6. The van der Waals surface area contributed by atoms with Crippen molar-refractivity contribution in [1.29, 1.82) is 0 Å². The zero-order chi connectivity index (χ0) is 20.7. The van der Waals surface area contributed by atoms with E-state index in [4.69, 9.17) is 0 Å². The number of sulfonamides is 1. The molecule has 2 N–H and O–H groups in total. The number of anilines is 1. The van der Waals surface area contributed by atoms with Gasteiger partial charge in [-0.3, -0.25) is 14.4 Å². The minimum Gasteiger partial charge on any atom is -0.324 e. The molecule has 3 amide bonds. The van der Waals surface area contributed by atoms with Crippen molar-refractivity contribution in [1.82, 2.24) is 10.2 Å². The van der Waals surface area contributed by atoms with Crippen LogP contribution in [-0.2, 0) is 21.4 Å². The number of benzene rings is 2. The van der Waals surface area contributed by atoms with E-state index in [0.29, 0.717) is 11.1 Å². The van der Waals surface area contributed by atoms with E-state index in [-0.39, 0.29) is 18.1 Å². The highest BCUT2D eigenvalue weighted by molar-refractivity contribution is 7.92. The molecule has 0 aliphatic carbocycles. The molecule has 0 aromatic heterocycles. The van der Waals surface area contributed by atoms with Crippen LogP contribution < -0.4 is 10.0 Å². The fourth-order valence-electron chi connectivity index (χ4n) is 2.85. The van der Waals surface area contributed by atoms with Crippen molar-refractivity contribution < 1.29 is 22.4 Å². The Labute approximate surface area is 162 Å². The smallest absolute Gasteiger partial charge is 0.324 e. The summed E-state index contributed by atoms with van der Waals surface area (Å²) in [5.41, 5.74) is 0.548. The number of urea groups is 1. The van der Waals surface area contributed by atoms with Gasteiger partial charge in [0.15, 0.2) is 0 Å². The Kier molecular flexibility index (Phi) is 4.88. The fourth-order valence-corrected chi connectivity index (χ4v) is 4.07. The summed E-state index contributed by atoms with van der Waals surface area (Å²) < 4.78 is 41.1. The molecule has 9 heteroatoms. The normalized spacial score (nSPS) is 16.2. The van der Waals surface area contributed by atoms with E-state index in [2.05, 4.69) is 10.0 Å². The van der Waals surface area contributed by atoms with Crippen LogP contribution in [0.3, 0.4) is 0 Å². The average molecular weight is 405 g/mol. The maximum Gasteiger partial charge on any atom is 0.325 e. The minimum absolute atomic E-state index is 0.0631. The highest BCUT2D eigenvalue weighted by atomic mass is 32.2. The SMILES string of the molecule is Cc1ccc(F)c(S(=O)(=O)Nc2ccc(CN3C(=O)NC(C)(C)C3=O)cc2)c1. The number of imide groups is 1. The van der Waals surface area contributed by atoms with Crippen LogP contribution in [0.1, 0.15) is 25.0 Å². The average Bonchev–Trinajstić information content (AvgIpc) is 2.80. The van der Waals surface area contributed by atoms with Crippen LogP contribution in [0, 0.1) is 12.7 Å². The van der Waals surface area contributed by atoms with Gasteiger partial charge in [0.05, 0.1) is 6.54 Å². The van der Waals surface area contributed by atoms with Crippen molar-refractivity contribution in [2.45, 2.75) is 37.8 Å². The Morgan fingerprint density at radius 3 is 2.32 bits per heavy atom. The molecule has 0 unspecified atom stereocenters. The van der Waals surface area contributed by atoms with E-state index in [9.17, 15) is 22.4 Å². The highest BCUT2D eigenvalue weighted by Crippen LogP contribution is 2.22. The molecule has 3 rings (SSSR count). The zero-order valence-corrected chi connectivity index (χ0v) is 16.4. The second kappa shape index (κ2) is 6.90. The van der Waals surface area contributed by atoms with Gasteiger partial charge in [-0.15, -0.1) is 0 Å². The first-order valence-electron chi connectivity index (χ1n) is 8.52. The number of hydrogen-bond donors (Lipinski definition) is 2. The van der Waals surface area contributed by atoms with Gasteiger partial charge in [0.1, 0.15) is 16.3 Å². The van der Waals surface area contributed by atoms with E-state index >= 15 is 0 Å². The summed E-state index contributed by atoms with van der Waals surface area (Å²) in [4.78, 5) is 24.8. The van der Waals surface area contributed by atoms with E-state index in [0.717, 1.165) is 11.0 Å². The quantitative estimate of drug-likeness (QED) is 0.748. The number of halogens is 1. The maximum atomic E-state index is 13.9. The van der Waals surface area contributed by atoms with Gasteiger partial charge in [-0.25, -0.2) is 17.6 Å². The number of aryl methyl sites for hydroxylation is 1. The van der Waals surface area contributed by atoms with Gasteiger partial charge in [-0.1, -0.05) is 18.2 Å². The number of rotatable bonds is 5. The monoisotopic (exact) mass is 405 g/mol. The summed E-state index contributed by atoms with van der Waals surface area (Å²) >= 11 is 0. The second-order valence-electron chi connectivity index (χ2n) is 7.18. The number of nitrogens with one attached hydrogen (secondary N) is 2. The number of carbonyl (C=O) groups is 2. The lowest BCUT2D eigenvalue weighted by Gasteiger charge is -2.16. The Balaban J connectivity index is 1.75. The van der Waals surface area contributed by atoms with Gasteiger partial charge in [-0.2, -0.15) is 0 Å². The molecular weight excluding hydrogens is 385 g/mol. The van der Waals surface area contributed by atoms with E-state index in [1.165, 1.54) is 24.3 Å². The molecule has 1 aliphatic heterocycles. The molecule has 2 aromatic carbocycles. The van der Waals surface area contributed by atoms with Gasteiger partial charge in [0, 0.05) is 5.69 Å². The molecule has 1 saturated heterocycles. The van der Waals surface area contributed by atoms with Crippen LogP contribution in [-0.4, -0.2) is 30.8 Å². The summed E-state index contributed by atoms with van der Waals surface area (Å²) in [6, 6.07) is 9.54. The Hall–Kier alpha value is -2.94. The van der Waals surface area contributed by atoms with Crippen molar-refractivity contribution in [2.24, 2.45) is 0 Å². The Morgan fingerprint density at radius 2 is 1.75 bits per heavy atom. The first-order chi connectivity index (χ1) is 13.0. The standard InChI is InChI=1S/C19H20FN3O4S/c1-12-4-9-15(20)16(10-12)28(26,27)22-14-7-5-13(6-8-14)11-23-17(24)19(2,3)21-18(23)25/h4-10,22H,11H2,1-3H3,(H,21,25). The highest BCUT2D eigenvalue weighted by Gasteiger charge is 2.44. The first-order valence-corrected chi connectivity index (χ1v) is 10.00. The summed E-state index contributed by atoms with van der Waals surface area (Å²) in [7, 11) is -4.09. The van der Waals surface area contributed by atoms with Crippen LogP contribution in [0.25, 0.3) is 0 Å². The third kappa shape index (κ3) is 3.84. The summed E-state index contributed by atoms with van der Waals surface area (Å²) in [5, 5.41) is 2.59. The van der Waals surface area contributed by atoms with Crippen LogP contribution >= 0.6 is 0 Å². The van der Waals surface area contributed by atoms with Crippen LogP contribution in [0.2, 0.25) is 0 Å². The third-order valence-corrected chi connectivity index (χ3v) is 5.76. The van der Waals surface area contributed by atoms with Gasteiger partial charge in [0.2, 0.25) is 0 Å². The summed E-state index contributed by atoms with van der Waals surface area (Å²) in [6.07, 6.45) is 0. The molecule has 0 spiro atoms. The lowest BCUT2D eigenvalue weighted by atomic mass is 10.1. The molecule has 0 saturated carbocycles. The summed E-state index contributed by atoms with van der Waals surface area (Å²) in [6.45, 7) is 4.98. The topological polar surface area (TPSA) is 95.6 Å². The predicted molar refractivity (Wildman–Crippen MR) is 102 cm³/mol. The van der Waals surface area contributed by atoms with Gasteiger partial charge in [-0.05, 0) is 56.2 Å². The van der Waals surface area contributed by atoms with E-state index < -0.39 is 32.3 Å². The van der Waals surface area contributed by atoms with Gasteiger partial charge < -0.3 is 5.32 Å². The minimum atomic E-state index is -4.09. The van der Waals surface area contributed by atoms with Gasteiger partial charge in [0.25, 0.3) is 15.9 Å². The lowest BCUT2D eigenvalue weighted by Crippen LogP contribution is -2.40. The molecule has 2 aromatic rings. The van der Waals surface area contributed by atoms with Crippen molar-refractivity contribution in [3.8, 4) is 0 Å². The number of nitrogens with zero attached hydrogens (tertiary/aromatic N) is 1. The molecule has 148 valence electrons. The van der Waals surface area contributed by atoms with E-state index in [1.807, 2.05) is 0 Å². The molecular formula is C19H20FN3O4S. The molecule has 0 radical (unpaired) electrons. The third-order valence-electron chi connectivity index (χ3n) is 4.37. The Bertz CT molecular complexity index is 1050. The maximum absolute atomic E-state index is 13.9. The molecule has 7 nitrogen and oxygen atoms in total. The molecule has 0 atom stereocenters. The van der Waals surface area contributed by atoms with E-state index in [1.54, 1.807) is 32.9 Å². The van der Waals surface area contributed by atoms with Crippen LogP contribution in [0.15, 0.2) is 47.4 Å². The molecule has 1 fully saturated rings. The fraction of sp³-hybridized carbons (Fsp3) is 0.263. The largest absolute Gasteiger partial charge is 0.325 e. The lowest BCUT2D eigenvalue weighted by molar-refractivity contribution is -0.130. The second-order valence-corrected chi connectivity index (χ2v) is 8.83. The predicted octanol–water partition coefficient (Wildman–Crippen LogP) is 2.77. The van der Waals surface area contributed by atoms with Gasteiger partial charge >= 0.3 is 6.03 Å². The molecule has 0 bridgehead atoms. The van der Waals surface area contributed by atoms with Crippen LogP contribution in [0.4, 0.5) is 14.9 Å².